The molecular weight excluding hydrogens is 266 g/mol. The first-order valence-electron chi connectivity index (χ1n) is 5.50. The van der Waals surface area contributed by atoms with Crippen molar-refractivity contribution in [1.29, 1.82) is 0 Å². The summed E-state index contributed by atoms with van der Waals surface area (Å²) in [7, 11) is 0. The molecule has 0 saturated carbocycles. The monoisotopic (exact) mass is 275 g/mol. The molecule has 3 aromatic rings. The molecule has 18 heavy (non-hydrogen) atoms. The van der Waals surface area contributed by atoms with Gasteiger partial charge >= 0.3 is 0 Å². The van der Waals surface area contributed by atoms with E-state index in [2.05, 4.69) is 15.0 Å². The first kappa shape index (κ1) is 11.6. The fraction of sp³-hybridized carbons (Fsp3) is 0.154. The van der Waals surface area contributed by atoms with Crippen molar-refractivity contribution in [2.45, 2.75) is 13.8 Å². The van der Waals surface area contributed by atoms with Crippen LogP contribution in [0, 0.1) is 13.8 Å². The van der Waals surface area contributed by atoms with Crippen LogP contribution in [0.1, 0.15) is 11.3 Å². The lowest BCUT2D eigenvalue weighted by molar-refractivity contribution is 1.13. The maximum absolute atomic E-state index is 6.16. The number of nitrogens with zero attached hydrogens (tertiary/aromatic N) is 3. The van der Waals surface area contributed by atoms with Crippen LogP contribution < -0.4 is 0 Å². The van der Waals surface area contributed by atoms with E-state index in [4.69, 9.17) is 11.6 Å². The van der Waals surface area contributed by atoms with E-state index in [9.17, 15) is 0 Å². The number of thiophene rings is 1. The fourth-order valence-electron chi connectivity index (χ4n) is 1.89. The Morgan fingerprint density at radius 3 is 2.72 bits per heavy atom. The highest BCUT2D eigenvalue weighted by atomic mass is 35.5. The van der Waals surface area contributed by atoms with Gasteiger partial charge in [-0.2, -0.15) is 0 Å². The van der Waals surface area contributed by atoms with Gasteiger partial charge in [0.1, 0.15) is 15.7 Å². The van der Waals surface area contributed by atoms with Gasteiger partial charge in [0.25, 0.3) is 0 Å². The van der Waals surface area contributed by atoms with Gasteiger partial charge in [-0.05, 0) is 43.0 Å². The molecule has 3 heterocycles. The molecule has 0 bridgehead atoms. The predicted octanol–water partition coefficient (Wildman–Crippen LogP) is 4.02. The zero-order valence-corrected chi connectivity index (χ0v) is 11.5. The van der Waals surface area contributed by atoms with Gasteiger partial charge < -0.3 is 0 Å². The van der Waals surface area contributed by atoms with Gasteiger partial charge in [-0.25, -0.2) is 15.0 Å². The van der Waals surface area contributed by atoms with Crippen molar-refractivity contribution in [3.05, 3.63) is 40.0 Å². The van der Waals surface area contributed by atoms with E-state index in [-0.39, 0.29) is 0 Å². The van der Waals surface area contributed by atoms with Crippen molar-refractivity contribution in [3.63, 3.8) is 0 Å². The Morgan fingerprint density at radius 1 is 1.11 bits per heavy atom. The Hall–Kier alpha value is -1.52. The summed E-state index contributed by atoms with van der Waals surface area (Å²) in [6.45, 7) is 3.99. The molecule has 0 aromatic carbocycles. The maximum atomic E-state index is 6.16. The fourth-order valence-corrected chi connectivity index (χ4v) is 2.94. The quantitative estimate of drug-likeness (QED) is 0.630. The van der Waals surface area contributed by atoms with E-state index >= 15 is 0 Å². The maximum Gasteiger partial charge on any atom is 0.180 e. The Bertz CT molecular complexity index is 716. The lowest BCUT2D eigenvalue weighted by Crippen LogP contribution is -1.94. The van der Waals surface area contributed by atoms with Crippen LogP contribution in [0.4, 0.5) is 0 Å². The smallest absolute Gasteiger partial charge is 0.180 e. The average molecular weight is 276 g/mol. The van der Waals surface area contributed by atoms with E-state index in [1.165, 1.54) is 0 Å². The topological polar surface area (TPSA) is 38.7 Å². The van der Waals surface area contributed by atoms with Crippen molar-refractivity contribution < 1.29 is 0 Å². The third kappa shape index (κ3) is 1.98. The second kappa shape index (κ2) is 4.30. The Labute approximate surface area is 114 Å². The highest BCUT2D eigenvalue weighted by Gasteiger charge is 2.10. The van der Waals surface area contributed by atoms with E-state index in [1.54, 1.807) is 11.3 Å². The molecule has 0 atom stereocenters. The molecule has 0 N–H and O–H groups in total. The first-order chi connectivity index (χ1) is 8.63. The molecule has 0 amide bonds. The molecule has 0 radical (unpaired) electrons. The third-order valence-corrected chi connectivity index (χ3v) is 3.70. The second-order valence-electron chi connectivity index (χ2n) is 4.15. The number of fused-ring (bicyclic) bond motifs is 1. The zero-order valence-electron chi connectivity index (χ0n) is 9.94. The number of hydrogen-bond donors (Lipinski definition) is 0. The molecule has 0 saturated heterocycles. The molecule has 3 rings (SSSR count). The van der Waals surface area contributed by atoms with Gasteiger partial charge in [0, 0.05) is 11.1 Å². The number of rotatable bonds is 1. The molecule has 0 spiro atoms. The van der Waals surface area contributed by atoms with Crippen molar-refractivity contribution in [2.75, 3.05) is 0 Å². The minimum Gasteiger partial charge on any atom is -0.250 e. The van der Waals surface area contributed by atoms with Crippen LogP contribution in [-0.4, -0.2) is 15.0 Å². The normalized spacial score (nSPS) is 11.1. The molecule has 0 aliphatic heterocycles. The summed E-state index contributed by atoms with van der Waals surface area (Å²) in [5.74, 6) is 0.585. The minimum absolute atomic E-state index is 0.484. The zero-order chi connectivity index (χ0) is 12.7. The Balaban J connectivity index is 2.24. The highest BCUT2D eigenvalue weighted by Crippen LogP contribution is 2.27. The molecule has 0 unspecified atom stereocenters. The molecule has 5 heteroatoms. The minimum atomic E-state index is 0.484. The van der Waals surface area contributed by atoms with Crippen LogP contribution >= 0.6 is 22.9 Å². The Morgan fingerprint density at radius 2 is 1.94 bits per heavy atom. The van der Waals surface area contributed by atoms with Gasteiger partial charge in [0.05, 0.1) is 0 Å². The van der Waals surface area contributed by atoms with E-state index in [0.29, 0.717) is 11.0 Å². The number of aromatic nitrogens is 3. The van der Waals surface area contributed by atoms with Crippen LogP contribution in [0.2, 0.25) is 5.15 Å². The number of halogens is 1. The lowest BCUT2D eigenvalue weighted by atomic mass is 10.2. The largest absolute Gasteiger partial charge is 0.250 e. The van der Waals surface area contributed by atoms with E-state index in [0.717, 1.165) is 27.2 Å². The van der Waals surface area contributed by atoms with Gasteiger partial charge in [-0.1, -0.05) is 11.6 Å². The first-order valence-corrected chi connectivity index (χ1v) is 6.75. The molecule has 3 nitrogen and oxygen atoms in total. The van der Waals surface area contributed by atoms with Crippen molar-refractivity contribution in [2.24, 2.45) is 0 Å². The third-order valence-electron chi connectivity index (χ3n) is 2.61. The van der Waals surface area contributed by atoms with Gasteiger partial charge in [0.15, 0.2) is 5.82 Å². The van der Waals surface area contributed by atoms with Gasteiger partial charge in [0.2, 0.25) is 0 Å². The number of aryl methyl sites for hydroxylation is 2. The second-order valence-corrected chi connectivity index (χ2v) is 5.40. The summed E-state index contributed by atoms with van der Waals surface area (Å²) in [5, 5.41) is 3.34. The molecule has 0 aliphatic carbocycles. The van der Waals surface area contributed by atoms with Crippen molar-refractivity contribution in [1.82, 2.24) is 15.0 Å². The number of pyridine rings is 1. The van der Waals surface area contributed by atoms with Crippen molar-refractivity contribution >= 4 is 33.2 Å². The summed E-state index contributed by atoms with van der Waals surface area (Å²) >= 11 is 7.72. The van der Waals surface area contributed by atoms with Crippen LogP contribution in [0.25, 0.3) is 21.7 Å². The van der Waals surface area contributed by atoms with Crippen molar-refractivity contribution in [3.8, 4) is 11.5 Å². The predicted molar refractivity (Wildman–Crippen MR) is 75.1 cm³/mol. The molecule has 3 aromatic heterocycles. The number of hydrogen-bond acceptors (Lipinski definition) is 4. The summed E-state index contributed by atoms with van der Waals surface area (Å²) in [6.07, 6.45) is 0. The lowest BCUT2D eigenvalue weighted by Gasteiger charge is -2.03. The average Bonchev–Trinajstić information content (AvgIpc) is 2.76. The van der Waals surface area contributed by atoms with E-state index in [1.807, 2.05) is 37.4 Å². The summed E-state index contributed by atoms with van der Waals surface area (Å²) in [6, 6.07) is 5.92. The van der Waals surface area contributed by atoms with Crippen LogP contribution in [0.15, 0.2) is 23.6 Å². The summed E-state index contributed by atoms with van der Waals surface area (Å²) in [4.78, 5) is 14.2. The standard InChI is InChI=1S/C13H10ClN3S/c1-7-5-8(2)15-10(6-7)12-16-11(14)9-3-4-18-13(9)17-12/h3-6H,1-2H3. The SMILES string of the molecule is Cc1cc(C)nc(-c2nc(Cl)c3ccsc3n2)c1. The molecule has 0 fully saturated rings. The molecular formula is C13H10ClN3S. The van der Waals surface area contributed by atoms with Crippen LogP contribution in [0.5, 0.6) is 0 Å². The molecule has 0 aliphatic rings. The van der Waals surface area contributed by atoms with E-state index < -0.39 is 0 Å². The Kier molecular flexibility index (Phi) is 2.76. The molecule has 90 valence electrons. The van der Waals surface area contributed by atoms with Gasteiger partial charge in [-0.3, -0.25) is 0 Å². The highest BCUT2D eigenvalue weighted by molar-refractivity contribution is 7.16. The van der Waals surface area contributed by atoms with Gasteiger partial charge in [-0.15, -0.1) is 11.3 Å². The van der Waals surface area contributed by atoms with Crippen LogP contribution in [0.3, 0.4) is 0 Å². The van der Waals surface area contributed by atoms with Crippen LogP contribution in [-0.2, 0) is 0 Å². The summed E-state index contributed by atoms with van der Waals surface area (Å²) in [5.41, 5.74) is 2.86. The summed E-state index contributed by atoms with van der Waals surface area (Å²) < 4.78 is 0.